The van der Waals surface area contributed by atoms with Crippen LogP contribution in [0.4, 0.5) is 13.2 Å². The quantitative estimate of drug-likeness (QED) is 0.432. The molecule has 0 heterocycles. The van der Waals surface area contributed by atoms with Gasteiger partial charge in [0.1, 0.15) is 5.75 Å². The fourth-order valence-electron chi connectivity index (χ4n) is 0.959. The van der Waals surface area contributed by atoms with Crippen LogP contribution in [0.3, 0.4) is 0 Å². The van der Waals surface area contributed by atoms with Gasteiger partial charge in [-0.05, 0) is 40.8 Å². The van der Waals surface area contributed by atoms with E-state index < -0.39 is 6.36 Å². The molecule has 16 heavy (non-hydrogen) atoms. The molecule has 0 aliphatic rings. The van der Waals surface area contributed by atoms with E-state index in [-0.39, 0.29) is 20.4 Å². The van der Waals surface area contributed by atoms with Crippen LogP contribution in [0.25, 0.3) is 0 Å². The molecule has 0 fully saturated rings. The van der Waals surface area contributed by atoms with Gasteiger partial charge in [0, 0.05) is 5.56 Å². The number of ketones is 1. The molecule has 0 aliphatic carbocycles. The second-order valence-electron chi connectivity index (χ2n) is 2.75. The molecule has 0 spiro atoms. The van der Waals surface area contributed by atoms with Crippen molar-refractivity contribution in [1.82, 2.24) is 0 Å². The van der Waals surface area contributed by atoms with Crippen LogP contribution in [-0.2, 0) is 0 Å². The van der Waals surface area contributed by atoms with Crippen LogP contribution in [0.5, 0.6) is 5.75 Å². The average Bonchev–Trinajstić information content (AvgIpc) is 2.18. The molecule has 1 rings (SSSR count). The van der Waals surface area contributed by atoms with Crippen LogP contribution in [0.1, 0.15) is 10.4 Å². The molecule has 0 N–H and O–H groups in total. The number of carbonyl (C=O) groups excluding carboxylic acids is 1. The molecular weight excluding hydrogens is 404 g/mol. The molecule has 0 saturated heterocycles. The lowest BCUT2D eigenvalue weighted by molar-refractivity contribution is -0.274. The van der Waals surface area contributed by atoms with E-state index >= 15 is 0 Å². The lowest BCUT2D eigenvalue weighted by Gasteiger charge is -2.10. The third kappa shape index (κ3) is 3.93. The summed E-state index contributed by atoms with van der Waals surface area (Å²) in [4.78, 5) is 11.2. The van der Waals surface area contributed by atoms with Crippen molar-refractivity contribution >= 4 is 44.3 Å². The van der Waals surface area contributed by atoms with Gasteiger partial charge < -0.3 is 4.74 Å². The number of ether oxygens (including phenoxy) is 1. The predicted octanol–water partition coefficient (Wildman–Crippen LogP) is 3.77. The molecular formula is C9H5BrF3IO2. The highest BCUT2D eigenvalue weighted by atomic mass is 127. The molecule has 1 aromatic carbocycles. The Hall–Kier alpha value is -0.310. The summed E-state index contributed by atoms with van der Waals surface area (Å²) in [5.74, 6) is -0.504. The third-order valence-corrected chi connectivity index (χ3v) is 2.95. The summed E-state index contributed by atoms with van der Waals surface area (Å²) < 4.78 is 39.8. The lowest BCUT2D eigenvalue weighted by Crippen LogP contribution is -2.18. The molecule has 88 valence electrons. The zero-order valence-electron chi connectivity index (χ0n) is 7.65. The summed E-state index contributed by atoms with van der Waals surface area (Å²) >= 11 is 4.66. The molecule has 1 aromatic rings. The highest BCUT2D eigenvalue weighted by molar-refractivity contribution is 14.1. The Bertz CT molecular complexity index is 406. The minimum Gasteiger partial charge on any atom is -0.405 e. The number of Topliss-reactive ketones (excluding diaryl/α,β-unsaturated/α-hetero) is 1. The molecule has 0 aliphatic heterocycles. The van der Waals surface area contributed by atoms with E-state index in [1.54, 1.807) is 22.6 Å². The number of rotatable bonds is 3. The van der Waals surface area contributed by atoms with E-state index in [4.69, 9.17) is 0 Å². The molecule has 2 nitrogen and oxygen atoms in total. The van der Waals surface area contributed by atoms with Crippen LogP contribution >= 0.6 is 38.5 Å². The Morgan fingerprint density at radius 3 is 2.50 bits per heavy atom. The van der Waals surface area contributed by atoms with Gasteiger partial charge in [-0.3, -0.25) is 4.79 Å². The summed E-state index contributed by atoms with van der Waals surface area (Å²) in [7, 11) is 0. The molecule has 0 atom stereocenters. The van der Waals surface area contributed by atoms with Gasteiger partial charge in [-0.2, -0.15) is 0 Å². The molecule has 0 aromatic heterocycles. The minimum atomic E-state index is -4.72. The van der Waals surface area contributed by atoms with E-state index in [2.05, 4.69) is 20.7 Å². The summed E-state index contributed by atoms with van der Waals surface area (Å²) in [5, 5.41) is 0.128. The zero-order chi connectivity index (χ0) is 12.3. The molecule has 7 heteroatoms. The number of carbonyl (C=O) groups is 1. The van der Waals surface area contributed by atoms with E-state index in [0.717, 1.165) is 6.07 Å². The maximum absolute atomic E-state index is 11.9. The van der Waals surface area contributed by atoms with Crippen molar-refractivity contribution in [2.45, 2.75) is 6.36 Å². The van der Waals surface area contributed by atoms with Gasteiger partial charge in [0.05, 0.1) is 8.90 Å². The predicted molar refractivity (Wildman–Crippen MR) is 64.0 cm³/mol. The minimum absolute atomic E-state index is 0.128. The van der Waals surface area contributed by atoms with Crippen LogP contribution < -0.4 is 4.74 Å². The van der Waals surface area contributed by atoms with Crippen molar-refractivity contribution in [2.24, 2.45) is 0 Å². The van der Waals surface area contributed by atoms with Crippen molar-refractivity contribution in [3.8, 4) is 5.75 Å². The molecule has 0 saturated carbocycles. The van der Waals surface area contributed by atoms with Gasteiger partial charge in [-0.1, -0.05) is 15.9 Å². The smallest absolute Gasteiger partial charge is 0.405 e. The molecule has 0 amide bonds. The second-order valence-corrected chi connectivity index (χ2v) is 4.47. The van der Waals surface area contributed by atoms with Gasteiger partial charge in [0.15, 0.2) is 5.78 Å². The number of hydrogen-bond acceptors (Lipinski definition) is 2. The van der Waals surface area contributed by atoms with Gasteiger partial charge in [0.25, 0.3) is 0 Å². The Morgan fingerprint density at radius 2 is 2.06 bits per heavy atom. The van der Waals surface area contributed by atoms with Crippen LogP contribution in [0, 0.1) is 3.57 Å². The number of benzene rings is 1. The van der Waals surface area contributed by atoms with Crippen molar-refractivity contribution in [1.29, 1.82) is 0 Å². The number of hydrogen-bond donors (Lipinski definition) is 0. The molecule has 0 unspecified atom stereocenters. The first-order valence-electron chi connectivity index (χ1n) is 3.98. The first kappa shape index (κ1) is 13.8. The third-order valence-electron chi connectivity index (χ3n) is 1.60. The first-order chi connectivity index (χ1) is 7.33. The van der Waals surface area contributed by atoms with Crippen molar-refractivity contribution < 1.29 is 22.7 Å². The van der Waals surface area contributed by atoms with Crippen molar-refractivity contribution in [3.63, 3.8) is 0 Å². The summed E-state index contributed by atoms with van der Waals surface area (Å²) in [5.41, 5.74) is 0.343. The monoisotopic (exact) mass is 408 g/mol. The van der Waals surface area contributed by atoms with Gasteiger partial charge in [-0.15, -0.1) is 13.2 Å². The van der Waals surface area contributed by atoms with Gasteiger partial charge in [0.2, 0.25) is 0 Å². The standard InChI is InChI=1S/C9H5BrF3IO2/c10-4-7(15)5-1-2-8(6(14)3-5)16-9(11,12)13/h1-3H,4H2. The second kappa shape index (κ2) is 5.35. The highest BCUT2D eigenvalue weighted by Gasteiger charge is 2.32. The Kier molecular flexibility index (Phi) is 4.60. The number of alkyl halides is 4. The first-order valence-corrected chi connectivity index (χ1v) is 6.18. The largest absolute Gasteiger partial charge is 0.573 e. The number of halogens is 5. The summed E-state index contributed by atoms with van der Waals surface area (Å²) in [6, 6.07) is 3.78. The van der Waals surface area contributed by atoms with E-state index in [0.29, 0.717) is 5.56 Å². The van der Waals surface area contributed by atoms with Crippen LogP contribution in [0.2, 0.25) is 0 Å². The summed E-state index contributed by atoms with van der Waals surface area (Å²) in [6.07, 6.45) is -4.72. The maximum atomic E-state index is 11.9. The highest BCUT2D eigenvalue weighted by Crippen LogP contribution is 2.28. The SMILES string of the molecule is O=C(CBr)c1ccc(OC(F)(F)F)c(I)c1. The van der Waals surface area contributed by atoms with Crippen LogP contribution in [-0.4, -0.2) is 17.5 Å². The fourth-order valence-corrected chi connectivity index (χ4v) is 1.91. The van der Waals surface area contributed by atoms with Crippen molar-refractivity contribution in [3.05, 3.63) is 27.3 Å². The fraction of sp³-hybridized carbons (Fsp3) is 0.222. The summed E-state index contributed by atoms with van der Waals surface area (Å²) in [6.45, 7) is 0. The van der Waals surface area contributed by atoms with Gasteiger partial charge >= 0.3 is 6.36 Å². The van der Waals surface area contributed by atoms with Crippen molar-refractivity contribution in [2.75, 3.05) is 5.33 Å². The molecule has 0 bridgehead atoms. The normalized spacial score (nSPS) is 11.3. The molecule has 0 radical (unpaired) electrons. The zero-order valence-corrected chi connectivity index (χ0v) is 11.4. The van der Waals surface area contributed by atoms with E-state index in [1.165, 1.54) is 12.1 Å². The Labute approximate surface area is 111 Å². The lowest BCUT2D eigenvalue weighted by atomic mass is 10.1. The van der Waals surface area contributed by atoms with Gasteiger partial charge in [-0.25, -0.2) is 0 Å². The maximum Gasteiger partial charge on any atom is 0.573 e. The Morgan fingerprint density at radius 1 is 1.44 bits per heavy atom. The average molecular weight is 409 g/mol. The van der Waals surface area contributed by atoms with Crippen LogP contribution in [0.15, 0.2) is 18.2 Å². The van der Waals surface area contributed by atoms with E-state index in [9.17, 15) is 18.0 Å². The van der Waals surface area contributed by atoms with E-state index in [1.807, 2.05) is 0 Å². The Balaban J connectivity index is 2.96. The topological polar surface area (TPSA) is 26.3 Å².